The Morgan fingerprint density at radius 1 is 1.15 bits per heavy atom. The highest BCUT2D eigenvalue weighted by Crippen LogP contribution is 2.20. The fourth-order valence-corrected chi connectivity index (χ4v) is 3.45. The molecule has 146 valence electrons. The third-order valence-electron chi connectivity index (χ3n) is 5.20. The number of aliphatic hydroxyl groups excluding tert-OH is 1. The van der Waals surface area contributed by atoms with Crippen LogP contribution in [-0.2, 0) is 6.42 Å². The van der Waals surface area contributed by atoms with E-state index < -0.39 is 0 Å². The van der Waals surface area contributed by atoms with Gasteiger partial charge in [-0.1, -0.05) is 31.2 Å². The highest BCUT2D eigenvalue weighted by atomic mass is 16.3. The quantitative estimate of drug-likeness (QED) is 0.517. The number of guanidine groups is 1. The number of hydrogen-bond donors (Lipinski definition) is 3. The Labute approximate surface area is 158 Å². The van der Waals surface area contributed by atoms with E-state index in [2.05, 4.69) is 67.7 Å². The van der Waals surface area contributed by atoms with Crippen LogP contribution >= 0.6 is 0 Å². The summed E-state index contributed by atoms with van der Waals surface area (Å²) < 4.78 is 0. The fraction of sp³-hybridized carbons (Fsp3) is 0.667. The molecule has 0 radical (unpaired) electrons. The van der Waals surface area contributed by atoms with E-state index in [9.17, 15) is 5.11 Å². The molecule has 0 aromatic heterocycles. The third-order valence-corrected chi connectivity index (χ3v) is 5.20. The normalized spacial score (nSPS) is 22.3. The average molecular weight is 361 g/mol. The molecule has 0 bridgehead atoms. The lowest BCUT2D eigenvalue weighted by Gasteiger charge is -2.28. The molecule has 0 spiro atoms. The maximum Gasteiger partial charge on any atom is 0.191 e. The minimum atomic E-state index is -0.128. The standard InChI is InChI=1S/C21H36N4O/c1-5-16-7-9-17(10-8-16)20(25(3)4)15-23-21(22-6-2)24-18-11-13-19(26)14-12-18/h7-10,18-20,26H,5-6,11-15H2,1-4H3,(H2,22,23,24). The van der Waals surface area contributed by atoms with Gasteiger partial charge in [-0.2, -0.15) is 0 Å². The molecular weight excluding hydrogens is 324 g/mol. The van der Waals surface area contributed by atoms with Crippen LogP contribution < -0.4 is 10.6 Å². The average Bonchev–Trinajstić information content (AvgIpc) is 2.64. The van der Waals surface area contributed by atoms with Crippen molar-refractivity contribution in [1.29, 1.82) is 0 Å². The van der Waals surface area contributed by atoms with Crippen molar-refractivity contribution < 1.29 is 5.11 Å². The summed E-state index contributed by atoms with van der Waals surface area (Å²) in [6.07, 6.45) is 4.69. The summed E-state index contributed by atoms with van der Waals surface area (Å²) in [5.41, 5.74) is 2.66. The molecule has 1 aromatic rings. The molecule has 1 aromatic carbocycles. The van der Waals surface area contributed by atoms with Gasteiger partial charge in [-0.25, -0.2) is 0 Å². The first-order valence-corrected chi connectivity index (χ1v) is 10.0. The van der Waals surface area contributed by atoms with Crippen LogP contribution in [-0.4, -0.2) is 55.3 Å². The van der Waals surface area contributed by atoms with Gasteiger partial charge in [-0.3, -0.25) is 4.99 Å². The van der Waals surface area contributed by atoms with Crippen molar-refractivity contribution in [3.63, 3.8) is 0 Å². The lowest BCUT2D eigenvalue weighted by Crippen LogP contribution is -2.45. The van der Waals surface area contributed by atoms with E-state index in [0.29, 0.717) is 12.6 Å². The minimum absolute atomic E-state index is 0.128. The number of nitrogens with one attached hydrogen (secondary N) is 2. The number of aliphatic imine (C=N–C) groups is 1. The summed E-state index contributed by atoms with van der Waals surface area (Å²) in [6.45, 7) is 5.83. The van der Waals surface area contributed by atoms with Gasteiger partial charge in [0.2, 0.25) is 0 Å². The van der Waals surface area contributed by atoms with E-state index >= 15 is 0 Å². The van der Waals surface area contributed by atoms with Gasteiger partial charge < -0.3 is 20.6 Å². The van der Waals surface area contributed by atoms with E-state index in [0.717, 1.165) is 44.6 Å². The number of hydrogen-bond acceptors (Lipinski definition) is 3. The maximum atomic E-state index is 9.69. The Hall–Kier alpha value is -1.59. The molecule has 1 atom stereocenters. The second kappa shape index (κ2) is 10.5. The van der Waals surface area contributed by atoms with Crippen LogP contribution in [0.1, 0.15) is 56.7 Å². The number of aliphatic hydroxyl groups is 1. The molecule has 0 aliphatic heterocycles. The van der Waals surface area contributed by atoms with Gasteiger partial charge in [-0.15, -0.1) is 0 Å². The second-order valence-electron chi connectivity index (χ2n) is 7.44. The van der Waals surface area contributed by atoms with Gasteiger partial charge in [0.1, 0.15) is 0 Å². The summed E-state index contributed by atoms with van der Waals surface area (Å²) in [4.78, 5) is 7.08. The topological polar surface area (TPSA) is 59.9 Å². The molecule has 0 amide bonds. The molecule has 5 nitrogen and oxygen atoms in total. The molecule has 0 saturated heterocycles. The van der Waals surface area contributed by atoms with Crippen LogP contribution in [0.15, 0.2) is 29.3 Å². The summed E-state index contributed by atoms with van der Waals surface area (Å²) >= 11 is 0. The minimum Gasteiger partial charge on any atom is -0.393 e. The van der Waals surface area contributed by atoms with E-state index in [-0.39, 0.29) is 12.1 Å². The third kappa shape index (κ3) is 6.29. The van der Waals surface area contributed by atoms with Crippen molar-refractivity contribution in [3.8, 4) is 0 Å². The SMILES string of the molecule is CCNC(=NCC(c1ccc(CC)cc1)N(C)C)NC1CCC(O)CC1. The van der Waals surface area contributed by atoms with Crippen molar-refractivity contribution >= 4 is 5.96 Å². The van der Waals surface area contributed by atoms with Crippen molar-refractivity contribution in [3.05, 3.63) is 35.4 Å². The predicted octanol–water partition coefficient (Wildman–Crippen LogP) is 2.71. The van der Waals surface area contributed by atoms with E-state index in [1.807, 2.05) is 0 Å². The van der Waals surface area contributed by atoms with Crippen molar-refractivity contribution in [2.24, 2.45) is 4.99 Å². The van der Waals surface area contributed by atoms with Crippen LogP contribution in [0.5, 0.6) is 0 Å². The summed E-state index contributed by atoms with van der Waals surface area (Å²) in [7, 11) is 4.22. The molecule has 3 N–H and O–H groups in total. The van der Waals surface area contributed by atoms with Crippen LogP contribution in [0.25, 0.3) is 0 Å². The van der Waals surface area contributed by atoms with Gasteiger partial charge in [0.25, 0.3) is 0 Å². The maximum absolute atomic E-state index is 9.69. The largest absolute Gasteiger partial charge is 0.393 e. The molecule has 1 aliphatic rings. The van der Waals surface area contributed by atoms with Crippen LogP contribution in [0.3, 0.4) is 0 Å². The van der Waals surface area contributed by atoms with Crippen molar-refractivity contribution in [1.82, 2.24) is 15.5 Å². The van der Waals surface area contributed by atoms with Gasteiger partial charge >= 0.3 is 0 Å². The molecule has 1 fully saturated rings. The Balaban J connectivity index is 2.03. The predicted molar refractivity (Wildman–Crippen MR) is 110 cm³/mol. The fourth-order valence-electron chi connectivity index (χ4n) is 3.45. The first-order valence-electron chi connectivity index (χ1n) is 10.0. The molecule has 5 heteroatoms. The monoisotopic (exact) mass is 360 g/mol. The lowest BCUT2D eigenvalue weighted by atomic mass is 9.93. The van der Waals surface area contributed by atoms with Crippen LogP contribution in [0.2, 0.25) is 0 Å². The lowest BCUT2D eigenvalue weighted by molar-refractivity contribution is 0.120. The molecule has 26 heavy (non-hydrogen) atoms. The first kappa shape index (κ1) is 20.7. The summed E-state index contributed by atoms with van der Waals surface area (Å²) in [5.74, 6) is 0.880. The zero-order chi connectivity index (χ0) is 18.9. The van der Waals surface area contributed by atoms with E-state index in [1.165, 1.54) is 11.1 Å². The zero-order valence-electron chi connectivity index (χ0n) is 16.8. The Kier molecular flexibility index (Phi) is 8.39. The number of benzene rings is 1. The highest BCUT2D eigenvalue weighted by molar-refractivity contribution is 5.80. The molecule has 1 unspecified atom stereocenters. The molecule has 1 saturated carbocycles. The number of aryl methyl sites for hydroxylation is 1. The van der Waals surface area contributed by atoms with Crippen LogP contribution in [0, 0.1) is 0 Å². The molecule has 1 aliphatic carbocycles. The number of likely N-dealkylation sites (N-methyl/N-ethyl adjacent to an activating group) is 1. The molecular formula is C21H36N4O. The van der Waals surface area contributed by atoms with Crippen molar-refractivity contribution in [2.75, 3.05) is 27.2 Å². The number of rotatable bonds is 7. The Bertz CT molecular complexity index is 548. The van der Waals surface area contributed by atoms with Gasteiger partial charge in [0.05, 0.1) is 18.7 Å². The second-order valence-corrected chi connectivity index (χ2v) is 7.44. The highest BCUT2D eigenvalue weighted by Gasteiger charge is 2.20. The summed E-state index contributed by atoms with van der Waals surface area (Å²) in [5, 5.41) is 16.6. The Morgan fingerprint density at radius 2 is 1.81 bits per heavy atom. The van der Waals surface area contributed by atoms with Gasteiger partial charge in [0.15, 0.2) is 5.96 Å². The first-order chi connectivity index (χ1) is 12.5. The summed E-state index contributed by atoms with van der Waals surface area (Å²) in [6, 6.07) is 9.53. The number of nitrogens with zero attached hydrogens (tertiary/aromatic N) is 2. The van der Waals surface area contributed by atoms with Crippen molar-refractivity contribution in [2.45, 2.75) is 64.1 Å². The van der Waals surface area contributed by atoms with Gasteiger partial charge in [-0.05, 0) is 64.3 Å². The van der Waals surface area contributed by atoms with Gasteiger partial charge in [0, 0.05) is 12.6 Å². The zero-order valence-corrected chi connectivity index (χ0v) is 16.8. The molecule has 0 heterocycles. The van der Waals surface area contributed by atoms with Crippen LogP contribution in [0.4, 0.5) is 0 Å². The smallest absolute Gasteiger partial charge is 0.191 e. The Morgan fingerprint density at radius 3 is 2.35 bits per heavy atom. The van der Waals surface area contributed by atoms with E-state index in [1.54, 1.807) is 0 Å². The van der Waals surface area contributed by atoms with E-state index in [4.69, 9.17) is 4.99 Å². The molecule has 2 rings (SSSR count).